The molecule has 0 spiro atoms. The zero-order chi connectivity index (χ0) is 10.9. The largest absolute Gasteiger partial charge is 0.329 e. The molecule has 1 fully saturated rings. The highest BCUT2D eigenvalue weighted by molar-refractivity contribution is 8.00. The molecule has 1 aliphatic rings. The molecule has 1 aromatic rings. The van der Waals surface area contributed by atoms with E-state index in [0.717, 1.165) is 12.5 Å². The van der Waals surface area contributed by atoms with Crippen molar-refractivity contribution in [1.29, 1.82) is 0 Å². The van der Waals surface area contributed by atoms with Crippen molar-refractivity contribution in [2.45, 2.75) is 36.3 Å². The van der Waals surface area contributed by atoms with E-state index in [1.807, 2.05) is 11.8 Å². The Labute approximate surface area is 96.4 Å². The van der Waals surface area contributed by atoms with Crippen LogP contribution in [0.1, 0.15) is 25.3 Å². The highest BCUT2D eigenvalue weighted by Crippen LogP contribution is 2.51. The van der Waals surface area contributed by atoms with Crippen LogP contribution in [0.25, 0.3) is 0 Å². The van der Waals surface area contributed by atoms with Gasteiger partial charge in [0.1, 0.15) is 0 Å². The number of benzene rings is 1. The van der Waals surface area contributed by atoms with E-state index in [9.17, 15) is 0 Å². The summed E-state index contributed by atoms with van der Waals surface area (Å²) < 4.78 is 0.312. The van der Waals surface area contributed by atoms with Gasteiger partial charge in [-0.25, -0.2) is 0 Å². The maximum atomic E-state index is 5.94. The van der Waals surface area contributed by atoms with E-state index in [2.05, 4.69) is 38.1 Å². The summed E-state index contributed by atoms with van der Waals surface area (Å²) in [5, 5.41) is 0. The monoisotopic (exact) mass is 221 g/mol. The number of rotatable bonds is 3. The first kappa shape index (κ1) is 11.0. The Balaban J connectivity index is 2.17. The lowest BCUT2D eigenvalue weighted by Crippen LogP contribution is -2.48. The van der Waals surface area contributed by atoms with Crippen LogP contribution in [0.3, 0.4) is 0 Å². The molecule has 0 saturated heterocycles. The number of thioether (sulfide) groups is 1. The first-order valence-corrected chi connectivity index (χ1v) is 6.44. The van der Waals surface area contributed by atoms with Gasteiger partial charge in [-0.3, -0.25) is 0 Å². The van der Waals surface area contributed by atoms with E-state index < -0.39 is 0 Å². The van der Waals surface area contributed by atoms with Gasteiger partial charge >= 0.3 is 0 Å². The van der Waals surface area contributed by atoms with Gasteiger partial charge in [0.15, 0.2) is 0 Å². The fraction of sp³-hybridized carbons (Fsp3) is 0.538. The molecule has 0 bridgehead atoms. The zero-order valence-corrected chi connectivity index (χ0v) is 10.3. The van der Waals surface area contributed by atoms with Gasteiger partial charge in [-0.05, 0) is 37.3 Å². The molecule has 1 aliphatic carbocycles. The molecular weight excluding hydrogens is 202 g/mol. The standard InChI is InChI=1S/C13H19NS/c1-10-5-3-4-6-12(10)15-13(9-14)8-7-11(13)2/h3-6,11H,7-9,14H2,1-2H3. The number of hydrogen-bond donors (Lipinski definition) is 1. The van der Waals surface area contributed by atoms with Crippen molar-refractivity contribution < 1.29 is 0 Å². The van der Waals surface area contributed by atoms with Crippen molar-refractivity contribution in [2.75, 3.05) is 6.54 Å². The number of aryl methyl sites for hydroxylation is 1. The molecule has 2 N–H and O–H groups in total. The van der Waals surface area contributed by atoms with Crippen molar-refractivity contribution in [2.24, 2.45) is 11.7 Å². The molecule has 0 radical (unpaired) electrons. The minimum Gasteiger partial charge on any atom is -0.329 e. The van der Waals surface area contributed by atoms with E-state index in [-0.39, 0.29) is 0 Å². The number of nitrogens with two attached hydrogens (primary N) is 1. The minimum absolute atomic E-state index is 0.312. The van der Waals surface area contributed by atoms with Gasteiger partial charge in [-0.2, -0.15) is 0 Å². The van der Waals surface area contributed by atoms with Gasteiger partial charge < -0.3 is 5.73 Å². The van der Waals surface area contributed by atoms with Crippen molar-refractivity contribution in [3.05, 3.63) is 29.8 Å². The normalized spacial score (nSPS) is 29.9. The second-order valence-corrected chi connectivity index (χ2v) is 6.03. The van der Waals surface area contributed by atoms with Gasteiger partial charge in [0.25, 0.3) is 0 Å². The predicted molar refractivity (Wildman–Crippen MR) is 67.2 cm³/mol. The Morgan fingerprint density at radius 2 is 2.20 bits per heavy atom. The van der Waals surface area contributed by atoms with Crippen LogP contribution < -0.4 is 5.73 Å². The molecule has 1 saturated carbocycles. The highest BCUT2D eigenvalue weighted by Gasteiger charge is 2.43. The molecule has 0 heterocycles. The molecule has 0 aliphatic heterocycles. The van der Waals surface area contributed by atoms with Crippen LogP contribution in [0, 0.1) is 12.8 Å². The average molecular weight is 221 g/mol. The van der Waals surface area contributed by atoms with Crippen LogP contribution in [-0.4, -0.2) is 11.3 Å². The van der Waals surface area contributed by atoms with Crippen molar-refractivity contribution >= 4 is 11.8 Å². The molecular formula is C13H19NS. The van der Waals surface area contributed by atoms with E-state index >= 15 is 0 Å². The second-order valence-electron chi connectivity index (χ2n) is 4.58. The minimum atomic E-state index is 0.312. The third kappa shape index (κ3) is 1.93. The van der Waals surface area contributed by atoms with Gasteiger partial charge in [0, 0.05) is 16.2 Å². The van der Waals surface area contributed by atoms with Gasteiger partial charge in [-0.15, -0.1) is 11.8 Å². The summed E-state index contributed by atoms with van der Waals surface area (Å²) in [6.45, 7) is 5.30. The Kier molecular flexibility index (Phi) is 3.08. The summed E-state index contributed by atoms with van der Waals surface area (Å²) in [5.74, 6) is 0.757. The molecule has 1 nitrogen and oxygen atoms in total. The Bertz CT molecular complexity index is 346. The lowest BCUT2D eigenvalue weighted by molar-refractivity contribution is 0.245. The van der Waals surface area contributed by atoms with Crippen molar-refractivity contribution in [3.63, 3.8) is 0 Å². The lowest BCUT2D eigenvalue weighted by atomic mass is 9.74. The second kappa shape index (κ2) is 4.18. The Hall–Kier alpha value is -0.470. The topological polar surface area (TPSA) is 26.0 Å². The summed E-state index contributed by atoms with van der Waals surface area (Å²) in [5.41, 5.74) is 7.31. The molecule has 1 aromatic carbocycles. The van der Waals surface area contributed by atoms with Crippen LogP contribution in [-0.2, 0) is 0 Å². The SMILES string of the molecule is Cc1ccccc1SC1(CN)CCC1C. The van der Waals surface area contributed by atoms with E-state index in [0.29, 0.717) is 4.75 Å². The average Bonchev–Trinajstić information content (AvgIpc) is 2.26. The molecule has 0 amide bonds. The summed E-state index contributed by atoms with van der Waals surface area (Å²) in [7, 11) is 0. The fourth-order valence-electron chi connectivity index (χ4n) is 2.14. The van der Waals surface area contributed by atoms with Crippen LogP contribution >= 0.6 is 11.8 Å². The highest BCUT2D eigenvalue weighted by atomic mass is 32.2. The molecule has 82 valence electrons. The molecule has 2 unspecified atom stereocenters. The number of hydrogen-bond acceptors (Lipinski definition) is 2. The fourth-order valence-corrected chi connectivity index (χ4v) is 3.58. The summed E-state index contributed by atoms with van der Waals surface area (Å²) in [6.07, 6.45) is 2.60. The third-order valence-corrected chi connectivity index (χ3v) is 5.51. The van der Waals surface area contributed by atoms with E-state index in [1.165, 1.54) is 23.3 Å². The summed E-state index contributed by atoms with van der Waals surface area (Å²) in [4.78, 5) is 1.40. The van der Waals surface area contributed by atoms with Crippen LogP contribution in [0.4, 0.5) is 0 Å². The maximum absolute atomic E-state index is 5.94. The third-order valence-electron chi connectivity index (χ3n) is 3.65. The van der Waals surface area contributed by atoms with Gasteiger partial charge in [0.2, 0.25) is 0 Å². The molecule has 2 heteroatoms. The van der Waals surface area contributed by atoms with E-state index in [1.54, 1.807) is 0 Å². The first-order valence-electron chi connectivity index (χ1n) is 5.63. The molecule has 0 aromatic heterocycles. The predicted octanol–water partition coefficient (Wildman–Crippen LogP) is 3.21. The molecule has 15 heavy (non-hydrogen) atoms. The van der Waals surface area contributed by atoms with E-state index in [4.69, 9.17) is 5.73 Å². The Morgan fingerprint density at radius 3 is 2.67 bits per heavy atom. The van der Waals surface area contributed by atoms with Crippen LogP contribution in [0.15, 0.2) is 29.2 Å². The first-order chi connectivity index (χ1) is 7.18. The molecule has 2 rings (SSSR count). The quantitative estimate of drug-likeness (QED) is 0.848. The summed E-state index contributed by atoms with van der Waals surface area (Å²) >= 11 is 1.99. The Morgan fingerprint density at radius 1 is 1.47 bits per heavy atom. The van der Waals surface area contributed by atoms with Crippen LogP contribution in [0.5, 0.6) is 0 Å². The smallest absolute Gasteiger partial charge is 0.0355 e. The van der Waals surface area contributed by atoms with Gasteiger partial charge in [-0.1, -0.05) is 25.1 Å². The van der Waals surface area contributed by atoms with Crippen molar-refractivity contribution in [3.8, 4) is 0 Å². The lowest BCUT2D eigenvalue weighted by Gasteiger charge is -2.47. The molecule has 2 atom stereocenters. The summed E-state index contributed by atoms with van der Waals surface area (Å²) in [6, 6.07) is 8.60. The zero-order valence-electron chi connectivity index (χ0n) is 9.49. The maximum Gasteiger partial charge on any atom is 0.0355 e. The van der Waals surface area contributed by atoms with Crippen LogP contribution in [0.2, 0.25) is 0 Å². The van der Waals surface area contributed by atoms with Crippen molar-refractivity contribution in [1.82, 2.24) is 0 Å². The van der Waals surface area contributed by atoms with Gasteiger partial charge in [0.05, 0.1) is 0 Å².